The predicted octanol–water partition coefficient (Wildman–Crippen LogP) is 3.23. The van der Waals surface area contributed by atoms with Crippen LogP contribution in [0.4, 0.5) is 5.69 Å². The lowest BCUT2D eigenvalue weighted by Crippen LogP contribution is -2.27. The third-order valence-corrected chi connectivity index (χ3v) is 4.45. The SMILES string of the molecule is COc1c(CCN(C)c2ccccc2)c(=O)n(C)c2ccccc12. The van der Waals surface area contributed by atoms with E-state index in [4.69, 9.17) is 4.74 Å². The topological polar surface area (TPSA) is 34.5 Å². The molecular formula is C20H22N2O2. The van der Waals surface area contributed by atoms with Gasteiger partial charge in [-0.3, -0.25) is 4.79 Å². The summed E-state index contributed by atoms with van der Waals surface area (Å²) in [7, 11) is 5.48. The Morgan fingerprint density at radius 3 is 2.42 bits per heavy atom. The van der Waals surface area contributed by atoms with Gasteiger partial charge in [0.05, 0.1) is 18.2 Å². The highest BCUT2D eigenvalue weighted by molar-refractivity contribution is 5.86. The zero-order valence-corrected chi connectivity index (χ0v) is 14.3. The molecule has 2 aromatic carbocycles. The first-order chi connectivity index (χ1) is 11.6. The second-order valence-electron chi connectivity index (χ2n) is 5.90. The van der Waals surface area contributed by atoms with Crippen molar-refractivity contribution in [1.29, 1.82) is 0 Å². The Balaban J connectivity index is 1.97. The molecule has 0 aliphatic carbocycles. The Hall–Kier alpha value is -2.75. The number of methoxy groups -OCH3 is 1. The van der Waals surface area contributed by atoms with Crippen molar-refractivity contribution in [3.8, 4) is 5.75 Å². The second-order valence-corrected chi connectivity index (χ2v) is 5.90. The minimum atomic E-state index is 0.00649. The van der Waals surface area contributed by atoms with E-state index in [1.165, 1.54) is 0 Å². The molecule has 3 rings (SSSR count). The molecule has 4 heteroatoms. The number of hydrogen-bond acceptors (Lipinski definition) is 3. The summed E-state index contributed by atoms with van der Waals surface area (Å²) in [5.74, 6) is 0.690. The van der Waals surface area contributed by atoms with Crippen molar-refractivity contribution in [2.24, 2.45) is 7.05 Å². The Bertz CT molecular complexity index is 901. The number of aryl methyl sites for hydroxylation is 1. The molecule has 0 aliphatic rings. The maximum Gasteiger partial charge on any atom is 0.257 e. The normalized spacial score (nSPS) is 10.8. The third kappa shape index (κ3) is 2.87. The van der Waals surface area contributed by atoms with Crippen LogP contribution in [-0.4, -0.2) is 25.3 Å². The smallest absolute Gasteiger partial charge is 0.257 e. The molecule has 124 valence electrons. The fraction of sp³-hybridized carbons (Fsp3) is 0.250. The van der Waals surface area contributed by atoms with E-state index in [-0.39, 0.29) is 5.56 Å². The number of nitrogens with zero attached hydrogens (tertiary/aromatic N) is 2. The van der Waals surface area contributed by atoms with Crippen molar-refractivity contribution < 1.29 is 4.74 Å². The lowest BCUT2D eigenvalue weighted by molar-refractivity contribution is 0.413. The maximum absolute atomic E-state index is 12.8. The van der Waals surface area contributed by atoms with Gasteiger partial charge in [-0.05, 0) is 30.7 Å². The first-order valence-electron chi connectivity index (χ1n) is 8.04. The quantitative estimate of drug-likeness (QED) is 0.723. The van der Waals surface area contributed by atoms with Gasteiger partial charge in [-0.2, -0.15) is 0 Å². The molecule has 1 aromatic heterocycles. The number of ether oxygens (including phenoxy) is 1. The molecule has 0 aliphatic heterocycles. The van der Waals surface area contributed by atoms with Crippen LogP contribution in [-0.2, 0) is 13.5 Å². The van der Waals surface area contributed by atoms with Gasteiger partial charge < -0.3 is 14.2 Å². The summed E-state index contributed by atoms with van der Waals surface area (Å²) in [5.41, 5.74) is 2.75. The summed E-state index contributed by atoms with van der Waals surface area (Å²) in [4.78, 5) is 14.9. The standard InChI is InChI=1S/C20H22N2O2/c1-21(15-9-5-4-6-10-15)14-13-17-19(24-3)16-11-7-8-12-18(16)22(2)20(17)23/h4-12H,13-14H2,1-3H3. The number of anilines is 1. The average Bonchev–Trinajstić information content (AvgIpc) is 2.64. The molecule has 0 bridgehead atoms. The predicted molar refractivity (Wildman–Crippen MR) is 99.2 cm³/mol. The van der Waals surface area contributed by atoms with Crippen molar-refractivity contribution >= 4 is 16.6 Å². The van der Waals surface area contributed by atoms with E-state index in [2.05, 4.69) is 17.0 Å². The second kappa shape index (κ2) is 6.79. The number of para-hydroxylation sites is 2. The van der Waals surface area contributed by atoms with Crippen LogP contribution in [0.2, 0.25) is 0 Å². The molecule has 0 saturated heterocycles. The van der Waals surface area contributed by atoms with Crippen LogP contribution in [0.3, 0.4) is 0 Å². The molecule has 24 heavy (non-hydrogen) atoms. The third-order valence-electron chi connectivity index (χ3n) is 4.45. The maximum atomic E-state index is 12.8. The van der Waals surface area contributed by atoms with Crippen LogP contribution in [0.5, 0.6) is 5.75 Å². The Morgan fingerprint density at radius 1 is 1.04 bits per heavy atom. The van der Waals surface area contributed by atoms with Gasteiger partial charge in [-0.15, -0.1) is 0 Å². The number of fused-ring (bicyclic) bond motifs is 1. The number of rotatable bonds is 5. The molecular weight excluding hydrogens is 300 g/mol. The summed E-state index contributed by atoms with van der Waals surface area (Å²) in [6.07, 6.45) is 0.631. The lowest BCUT2D eigenvalue weighted by Gasteiger charge is -2.20. The Labute approximate surface area is 141 Å². The van der Waals surface area contributed by atoms with E-state index in [0.717, 1.165) is 28.7 Å². The van der Waals surface area contributed by atoms with Crippen LogP contribution in [0.1, 0.15) is 5.56 Å². The molecule has 1 heterocycles. The summed E-state index contributed by atoms with van der Waals surface area (Å²) >= 11 is 0. The van der Waals surface area contributed by atoms with E-state index in [9.17, 15) is 4.79 Å². The van der Waals surface area contributed by atoms with E-state index in [1.54, 1.807) is 11.7 Å². The molecule has 0 radical (unpaired) electrons. The minimum Gasteiger partial charge on any atom is -0.496 e. The monoisotopic (exact) mass is 322 g/mol. The average molecular weight is 322 g/mol. The number of pyridine rings is 1. The van der Waals surface area contributed by atoms with Crippen molar-refractivity contribution in [2.75, 3.05) is 25.6 Å². The molecule has 0 saturated carbocycles. The van der Waals surface area contributed by atoms with E-state index in [0.29, 0.717) is 12.2 Å². The van der Waals surface area contributed by atoms with Gasteiger partial charge >= 0.3 is 0 Å². The highest BCUT2D eigenvalue weighted by atomic mass is 16.5. The molecule has 4 nitrogen and oxygen atoms in total. The van der Waals surface area contributed by atoms with E-state index < -0.39 is 0 Å². The van der Waals surface area contributed by atoms with Gasteiger partial charge in [0.25, 0.3) is 5.56 Å². The van der Waals surface area contributed by atoms with E-state index >= 15 is 0 Å². The molecule has 0 N–H and O–H groups in total. The van der Waals surface area contributed by atoms with Gasteiger partial charge in [0.15, 0.2) is 0 Å². The number of benzene rings is 2. The minimum absolute atomic E-state index is 0.00649. The zero-order valence-electron chi connectivity index (χ0n) is 14.3. The van der Waals surface area contributed by atoms with Gasteiger partial charge in [0, 0.05) is 31.7 Å². The fourth-order valence-corrected chi connectivity index (χ4v) is 3.07. The number of likely N-dealkylation sites (N-methyl/N-ethyl adjacent to an activating group) is 1. The molecule has 0 fully saturated rings. The molecule has 0 amide bonds. The molecule has 0 unspecified atom stereocenters. The van der Waals surface area contributed by atoms with Gasteiger partial charge in [-0.1, -0.05) is 30.3 Å². The number of aromatic nitrogens is 1. The van der Waals surface area contributed by atoms with Crippen molar-refractivity contribution in [3.63, 3.8) is 0 Å². The van der Waals surface area contributed by atoms with Crippen LogP contribution in [0, 0.1) is 0 Å². The van der Waals surface area contributed by atoms with Crippen LogP contribution < -0.4 is 15.2 Å². The lowest BCUT2D eigenvalue weighted by atomic mass is 10.1. The largest absolute Gasteiger partial charge is 0.496 e. The van der Waals surface area contributed by atoms with Crippen molar-refractivity contribution in [1.82, 2.24) is 4.57 Å². The van der Waals surface area contributed by atoms with Gasteiger partial charge in [0.1, 0.15) is 5.75 Å². The van der Waals surface area contributed by atoms with Crippen LogP contribution in [0.15, 0.2) is 59.4 Å². The molecule has 0 spiro atoms. The highest BCUT2D eigenvalue weighted by Gasteiger charge is 2.16. The number of hydrogen-bond donors (Lipinski definition) is 0. The van der Waals surface area contributed by atoms with Crippen LogP contribution in [0.25, 0.3) is 10.9 Å². The van der Waals surface area contributed by atoms with Gasteiger partial charge in [0.2, 0.25) is 0 Å². The summed E-state index contributed by atoms with van der Waals surface area (Å²) < 4.78 is 7.30. The zero-order chi connectivity index (χ0) is 17.1. The fourth-order valence-electron chi connectivity index (χ4n) is 3.07. The summed E-state index contributed by atoms with van der Waals surface area (Å²) in [6, 6.07) is 18.0. The van der Waals surface area contributed by atoms with Crippen molar-refractivity contribution in [2.45, 2.75) is 6.42 Å². The first kappa shape index (κ1) is 16.1. The Kier molecular flexibility index (Phi) is 4.56. The van der Waals surface area contributed by atoms with E-state index in [1.807, 2.05) is 56.6 Å². The van der Waals surface area contributed by atoms with Gasteiger partial charge in [-0.25, -0.2) is 0 Å². The molecule has 3 aromatic rings. The van der Waals surface area contributed by atoms with Crippen molar-refractivity contribution in [3.05, 3.63) is 70.5 Å². The highest BCUT2D eigenvalue weighted by Crippen LogP contribution is 2.27. The molecule has 0 atom stereocenters. The summed E-state index contributed by atoms with van der Waals surface area (Å²) in [6.45, 7) is 0.744. The van der Waals surface area contributed by atoms with Crippen LogP contribution >= 0.6 is 0 Å². The summed E-state index contributed by atoms with van der Waals surface area (Å²) in [5, 5.41) is 0.972. The first-order valence-corrected chi connectivity index (χ1v) is 8.04. The Morgan fingerprint density at radius 2 is 1.71 bits per heavy atom.